The Morgan fingerprint density at radius 3 is 2.67 bits per heavy atom. The molecular formula is C14H18N2O3S2. The molecule has 0 aliphatic carbocycles. The second-order valence-electron chi connectivity index (χ2n) is 4.91. The average molecular weight is 326 g/mol. The zero-order valence-electron chi connectivity index (χ0n) is 12.1. The van der Waals surface area contributed by atoms with E-state index in [9.17, 15) is 13.5 Å². The van der Waals surface area contributed by atoms with Crippen molar-refractivity contribution in [1.82, 2.24) is 9.71 Å². The number of rotatable bonds is 5. The van der Waals surface area contributed by atoms with E-state index in [1.807, 2.05) is 12.3 Å². The summed E-state index contributed by atoms with van der Waals surface area (Å²) >= 11 is 1.40. The molecule has 0 radical (unpaired) electrons. The molecular weight excluding hydrogens is 308 g/mol. The standard InChI is InChI=1S/C14H18N2O3S2/c1-9-6-12(8-17)7-13(10(9)2)21(18,19)16-11(3)14-15-4-5-20-14/h4-7,11,16-17H,8H2,1-3H3. The maximum atomic E-state index is 12.6. The minimum absolute atomic E-state index is 0.189. The number of aryl methyl sites for hydroxylation is 1. The van der Waals surface area contributed by atoms with E-state index in [-0.39, 0.29) is 11.5 Å². The number of hydrogen-bond acceptors (Lipinski definition) is 5. The molecule has 0 amide bonds. The summed E-state index contributed by atoms with van der Waals surface area (Å²) < 4.78 is 27.8. The Kier molecular flexibility index (Phi) is 4.77. The molecule has 0 saturated carbocycles. The van der Waals surface area contributed by atoms with E-state index in [1.165, 1.54) is 17.4 Å². The molecule has 0 spiro atoms. The van der Waals surface area contributed by atoms with Gasteiger partial charge in [0.05, 0.1) is 17.5 Å². The fourth-order valence-electron chi connectivity index (χ4n) is 2.06. The van der Waals surface area contributed by atoms with E-state index < -0.39 is 16.1 Å². The van der Waals surface area contributed by atoms with Gasteiger partial charge in [-0.25, -0.2) is 18.1 Å². The number of hydrogen-bond donors (Lipinski definition) is 2. The van der Waals surface area contributed by atoms with Gasteiger partial charge in [-0.1, -0.05) is 6.07 Å². The topological polar surface area (TPSA) is 79.3 Å². The van der Waals surface area contributed by atoms with Gasteiger partial charge in [-0.2, -0.15) is 0 Å². The molecule has 0 aliphatic rings. The summed E-state index contributed by atoms with van der Waals surface area (Å²) in [5.41, 5.74) is 2.11. The molecule has 7 heteroatoms. The Hall–Kier alpha value is -1.28. The van der Waals surface area contributed by atoms with E-state index in [0.29, 0.717) is 16.1 Å². The molecule has 1 unspecified atom stereocenters. The van der Waals surface area contributed by atoms with Gasteiger partial charge in [-0.3, -0.25) is 0 Å². The predicted molar refractivity (Wildman–Crippen MR) is 82.7 cm³/mol. The first kappa shape index (κ1) is 16.1. The van der Waals surface area contributed by atoms with Crippen LogP contribution >= 0.6 is 11.3 Å². The molecule has 2 rings (SSSR count). The van der Waals surface area contributed by atoms with Crippen molar-refractivity contribution in [3.05, 3.63) is 45.4 Å². The van der Waals surface area contributed by atoms with Crippen molar-refractivity contribution in [1.29, 1.82) is 0 Å². The van der Waals surface area contributed by atoms with Crippen LogP contribution in [0.2, 0.25) is 0 Å². The second-order valence-corrected chi connectivity index (χ2v) is 7.52. The zero-order chi connectivity index (χ0) is 15.6. The van der Waals surface area contributed by atoms with E-state index in [2.05, 4.69) is 9.71 Å². The van der Waals surface area contributed by atoms with Crippen LogP contribution in [0.1, 0.15) is 34.7 Å². The molecule has 1 aromatic heterocycles. The Bertz CT molecular complexity index is 725. The summed E-state index contributed by atoms with van der Waals surface area (Å²) in [6.07, 6.45) is 1.65. The number of nitrogens with zero attached hydrogens (tertiary/aromatic N) is 1. The first-order valence-electron chi connectivity index (χ1n) is 6.48. The molecule has 21 heavy (non-hydrogen) atoms. The van der Waals surface area contributed by atoms with Crippen molar-refractivity contribution in [2.24, 2.45) is 0 Å². The molecule has 5 nitrogen and oxygen atoms in total. The molecule has 114 valence electrons. The third-order valence-corrected chi connectivity index (χ3v) is 5.93. The molecule has 1 heterocycles. The summed E-state index contributed by atoms with van der Waals surface area (Å²) in [7, 11) is -3.67. The molecule has 0 fully saturated rings. The predicted octanol–water partition coefficient (Wildman–Crippen LogP) is 2.29. The molecule has 2 N–H and O–H groups in total. The Morgan fingerprint density at radius 2 is 2.10 bits per heavy atom. The van der Waals surface area contributed by atoms with Gasteiger partial charge >= 0.3 is 0 Å². The van der Waals surface area contributed by atoms with Gasteiger partial charge in [0, 0.05) is 11.6 Å². The number of aromatic nitrogens is 1. The van der Waals surface area contributed by atoms with Crippen LogP contribution in [0.5, 0.6) is 0 Å². The quantitative estimate of drug-likeness (QED) is 0.883. The molecule has 0 saturated heterocycles. The number of aliphatic hydroxyl groups excluding tert-OH is 1. The first-order valence-corrected chi connectivity index (χ1v) is 8.84. The minimum Gasteiger partial charge on any atom is -0.392 e. The number of benzene rings is 1. The number of sulfonamides is 1. The molecule has 0 aliphatic heterocycles. The van der Waals surface area contributed by atoms with Gasteiger partial charge < -0.3 is 5.11 Å². The first-order chi connectivity index (χ1) is 9.85. The van der Waals surface area contributed by atoms with Crippen LogP contribution < -0.4 is 4.72 Å². The van der Waals surface area contributed by atoms with Crippen LogP contribution in [-0.2, 0) is 16.6 Å². The Morgan fingerprint density at radius 1 is 1.38 bits per heavy atom. The second kappa shape index (κ2) is 6.23. The maximum absolute atomic E-state index is 12.6. The fraction of sp³-hybridized carbons (Fsp3) is 0.357. The van der Waals surface area contributed by atoms with Crippen LogP contribution in [0.3, 0.4) is 0 Å². The van der Waals surface area contributed by atoms with Gasteiger partial charge in [0.25, 0.3) is 0 Å². The van der Waals surface area contributed by atoms with E-state index in [0.717, 1.165) is 5.56 Å². The van der Waals surface area contributed by atoms with Gasteiger partial charge in [-0.05, 0) is 43.5 Å². The summed E-state index contributed by atoms with van der Waals surface area (Å²) in [5, 5.41) is 11.8. The van der Waals surface area contributed by atoms with E-state index in [1.54, 1.807) is 26.1 Å². The van der Waals surface area contributed by atoms with E-state index in [4.69, 9.17) is 0 Å². The third kappa shape index (κ3) is 3.49. The third-order valence-electron chi connectivity index (χ3n) is 3.31. The van der Waals surface area contributed by atoms with Crippen molar-refractivity contribution >= 4 is 21.4 Å². The largest absolute Gasteiger partial charge is 0.392 e. The van der Waals surface area contributed by atoms with Crippen molar-refractivity contribution < 1.29 is 13.5 Å². The number of nitrogens with one attached hydrogen (secondary N) is 1. The fourth-order valence-corrected chi connectivity index (χ4v) is 4.36. The monoisotopic (exact) mass is 326 g/mol. The van der Waals surface area contributed by atoms with Gasteiger partial charge in [-0.15, -0.1) is 11.3 Å². The zero-order valence-corrected chi connectivity index (χ0v) is 13.8. The lowest BCUT2D eigenvalue weighted by Gasteiger charge is -2.15. The SMILES string of the molecule is Cc1cc(CO)cc(S(=O)(=O)NC(C)c2nccs2)c1C. The lowest BCUT2D eigenvalue weighted by molar-refractivity contribution is 0.281. The van der Waals surface area contributed by atoms with Crippen molar-refractivity contribution in [3.8, 4) is 0 Å². The summed E-state index contributed by atoms with van der Waals surface area (Å²) in [5.74, 6) is 0. The normalized spacial score (nSPS) is 13.3. The molecule has 1 atom stereocenters. The van der Waals surface area contributed by atoms with Gasteiger partial charge in [0.1, 0.15) is 5.01 Å². The van der Waals surface area contributed by atoms with Crippen LogP contribution in [0.25, 0.3) is 0 Å². The van der Waals surface area contributed by atoms with Gasteiger partial charge in [0.15, 0.2) is 0 Å². The van der Waals surface area contributed by atoms with E-state index >= 15 is 0 Å². The summed E-state index contributed by atoms with van der Waals surface area (Å²) in [6.45, 7) is 5.16. The molecule has 0 bridgehead atoms. The number of aliphatic hydroxyl groups is 1. The van der Waals surface area contributed by atoms with Crippen molar-refractivity contribution in [2.75, 3.05) is 0 Å². The highest BCUT2D eigenvalue weighted by Gasteiger charge is 2.22. The lowest BCUT2D eigenvalue weighted by Crippen LogP contribution is -2.27. The smallest absolute Gasteiger partial charge is 0.241 e. The highest BCUT2D eigenvalue weighted by atomic mass is 32.2. The van der Waals surface area contributed by atoms with Gasteiger partial charge in [0.2, 0.25) is 10.0 Å². The van der Waals surface area contributed by atoms with Crippen molar-refractivity contribution in [2.45, 2.75) is 38.3 Å². The summed E-state index contributed by atoms with van der Waals surface area (Å²) in [6, 6.07) is 2.91. The minimum atomic E-state index is -3.67. The van der Waals surface area contributed by atoms with Crippen LogP contribution in [-0.4, -0.2) is 18.5 Å². The summed E-state index contributed by atoms with van der Waals surface area (Å²) in [4.78, 5) is 4.32. The Labute approximate surface area is 128 Å². The highest BCUT2D eigenvalue weighted by Crippen LogP contribution is 2.24. The number of thiazole rings is 1. The highest BCUT2D eigenvalue weighted by molar-refractivity contribution is 7.89. The maximum Gasteiger partial charge on any atom is 0.241 e. The van der Waals surface area contributed by atoms with Crippen LogP contribution in [0, 0.1) is 13.8 Å². The van der Waals surface area contributed by atoms with Crippen LogP contribution in [0.15, 0.2) is 28.6 Å². The Balaban J connectivity index is 2.38. The lowest BCUT2D eigenvalue weighted by atomic mass is 10.1. The molecule has 2 aromatic rings. The van der Waals surface area contributed by atoms with Crippen molar-refractivity contribution in [3.63, 3.8) is 0 Å². The van der Waals surface area contributed by atoms with Crippen LogP contribution in [0.4, 0.5) is 0 Å². The molecule has 1 aromatic carbocycles. The average Bonchev–Trinajstić information content (AvgIpc) is 2.95.